The predicted molar refractivity (Wildman–Crippen MR) is 104 cm³/mol. The molecule has 0 heterocycles. The third-order valence-corrected chi connectivity index (χ3v) is 4.04. The molecule has 5 heteroatoms. The quantitative estimate of drug-likeness (QED) is 0.702. The molecule has 0 radical (unpaired) electrons. The molecule has 0 aliphatic rings. The second-order valence-corrected chi connectivity index (χ2v) is 6.09. The third kappa shape index (κ3) is 5.36. The summed E-state index contributed by atoms with van der Waals surface area (Å²) in [5.41, 5.74) is 1.68. The smallest absolute Gasteiger partial charge is 0.251 e. The first kappa shape index (κ1) is 19.5. The summed E-state index contributed by atoms with van der Waals surface area (Å²) < 4.78 is 10.7. The van der Waals surface area contributed by atoms with Gasteiger partial charge >= 0.3 is 0 Å². The van der Waals surface area contributed by atoms with Crippen molar-refractivity contribution in [1.82, 2.24) is 10.2 Å². The zero-order chi connectivity index (χ0) is 18.9. The molecular formula is C21H26N2O3. The highest BCUT2D eigenvalue weighted by atomic mass is 16.5. The Kier molecular flexibility index (Phi) is 7.24. The van der Waals surface area contributed by atoms with Crippen LogP contribution in [0.1, 0.15) is 22.0 Å². The van der Waals surface area contributed by atoms with Crippen LogP contribution in [0, 0.1) is 0 Å². The molecule has 0 fully saturated rings. The number of hydrogen-bond acceptors (Lipinski definition) is 4. The van der Waals surface area contributed by atoms with Gasteiger partial charge in [0.05, 0.1) is 13.2 Å². The molecule has 0 aliphatic heterocycles. The number of nitrogens with zero attached hydrogens (tertiary/aromatic N) is 1. The Morgan fingerprint density at radius 3 is 2.54 bits per heavy atom. The van der Waals surface area contributed by atoms with Crippen molar-refractivity contribution in [1.29, 1.82) is 0 Å². The van der Waals surface area contributed by atoms with Gasteiger partial charge in [-0.3, -0.25) is 4.79 Å². The first-order valence-electron chi connectivity index (χ1n) is 8.47. The van der Waals surface area contributed by atoms with E-state index in [1.165, 1.54) is 0 Å². The fourth-order valence-electron chi connectivity index (χ4n) is 2.60. The monoisotopic (exact) mass is 354 g/mol. The van der Waals surface area contributed by atoms with Crippen molar-refractivity contribution in [3.05, 3.63) is 72.3 Å². The minimum Gasteiger partial charge on any atom is -0.497 e. The summed E-state index contributed by atoms with van der Waals surface area (Å²) in [5, 5.41) is 3.00. The van der Waals surface area contributed by atoms with Crippen LogP contribution in [0.3, 0.4) is 0 Å². The summed E-state index contributed by atoms with van der Waals surface area (Å²) in [6.45, 7) is 4.55. The van der Waals surface area contributed by atoms with Crippen molar-refractivity contribution in [2.75, 3.05) is 34.4 Å². The molecule has 1 N–H and O–H groups in total. The molecule has 1 atom stereocenters. The lowest BCUT2D eigenvalue weighted by molar-refractivity contribution is 0.0942. The van der Waals surface area contributed by atoms with E-state index in [0.717, 1.165) is 11.3 Å². The number of amides is 1. The Labute approximate surface area is 155 Å². The predicted octanol–water partition coefficient (Wildman–Crippen LogP) is 3.29. The van der Waals surface area contributed by atoms with E-state index in [0.29, 0.717) is 24.5 Å². The van der Waals surface area contributed by atoms with Gasteiger partial charge in [-0.15, -0.1) is 0 Å². The number of nitrogens with one attached hydrogen (secondary N) is 1. The number of hydrogen-bond donors (Lipinski definition) is 1. The largest absolute Gasteiger partial charge is 0.497 e. The summed E-state index contributed by atoms with van der Waals surface area (Å²) in [6.07, 6.45) is 1.68. The van der Waals surface area contributed by atoms with Crippen LogP contribution in [0.15, 0.2) is 61.2 Å². The highest BCUT2D eigenvalue weighted by molar-refractivity contribution is 5.94. The molecular weight excluding hydrogens is 328 g/mol. The second-order valence-electron chi connectivity index (χ2n) is 6.09. The van der Waals surface area contributed by atoms with Crippen LogP contribution in [-0.4, -0.2) is 45.2 Å². The van der Waals surface area contributed by atoms with E-state index in [4.69, 9.17) is 9.47 Å². The molecule has 138 valence electrons. The lowest BCUT2D eigenvalue weighted by Crippen LogP contribution is -2.34. The van der Waals surface area contributed by atoms with Crippen LogP contribution in [0.5, 0.6) is 11.5 Å². The Hall–Kier alpha value is -2.79. The minimum absolute atomic E-state index is 0.0456. The van der Waals surface area contributed by atoms with Gasteiger partial charge in [-0.2, -0.15) is 0 Å². The number of carbonyl (C=O) groups excluding carboxylic acids is 1. The lowest BCUT2D eigenvalue weighted by atomic mass is 10.1. The van der Waals surface area contributed by atoms with Crippen LogP contribution in [0.2, 0.25) is 0 Å². The van der Waals surface area contributed by atoms with Crippen molar-refractivity contribution < 1.29 is 14.3 Å². The molecule has 5 nitrogen and oxygen atoms in total. The minimum atomic E-state index is -0.116. The fourth-order valence-corrected chi connectivity index (χ4v) is 2.60. The van der Waals surface area contributed by atoms with Gasteiger partial charge < -0.3 is 19.7 Å². The van der Waals surface area contributed by atoms with E-state index in [1.807, 2.05) is 38.4 Å². The van der Waals surface area contributed by atoms with Crippen molar-refractivity contribution >= 4 is 5.91 Å². The zero-order valence-corrected chi connectivity index (χ0v) is 15.6. The van der Waals surface area contributed by atoms with Gasteiger partial charge in [0.15, 0.2) is 0 Å². The van der Waals surface area contributed by atoms with E-state index in [-0.39, 0.29) is 11.9 Å². The lowest BCUT2D eigenvalue weighted by Gasteiger charge is -2.25. The molecule has 0 bridgehead atoms. The Morgan fingerprint density at radius 1 is 1.19 bits per heavy atom. The van der Waals surface area contributed by atoms with Crippen molar-refractivity contribution in [3.63, 3.8) is 0 Å². The first-order chi connectivity index (χ1) is 12.5. The van der Waals surface area contributed by atoms with Gasteiger partial charge in [0, 0.05) is 12.1 Å². The average Bonchev–Trinajstić information content (AvgIpc) is 2.66. The Balaban J connectivity index is 2.01. The van der Waals surface area contributed by atoms with Crippen LogP contribution in [0.4, 0.5) is 0 Å². The molecule has 0 aromatic heterocycles. The second kappa shape index (κ2) is 9.63. The summed E-state index contributed by atoms with van der Waals surface area (Å²) in [6, 6.07) is 15.0. The SMILES string of the molecule is C=CCOc1ccc(C(=O)NCC(c2cccc(OC)c2)N(C)C)cc1. The highest BCUT2D eigenvalue weighted by Gasteiger charge is 2.16. The van der Waals surface area contributed by atoms with Gasteiger partial charge in [-0.1, -0.05) is 24.8 Å². The number of ether oxygens (including phenoxy) is 2. The first-order valence-corrected chi connectivity index (χ1v) is 8.47. The summed E-state index contributed by atoms with van der Waals surface area (Å²) in [5.74, 6) is 1.40. The van der Waals surface area contributed by atoms with E-state index in [1.54, 1.807) is 37.5 Å². The number of likely N-dealkylation sites (N-methyl/N-ethyl adjacent to an activating group) is 1. The summed E-state index contributed by atoms with van der Waals surface area (Å²) in [7, 11) is 5.62. The molecule has 26 heavy (non-hydrogen) atoms. The summed E-state index contributed by atoms with van der Waals surface area (Å²) >= 11 is 0. The summed E-state index contributed by atoms with van der Waals surface area (Å²) in [4.78, 5) is 14.5. The molecule has 0 aliphatic carbocycles. The molecule has 0 saturated carbocycles. The fraction of sp³-hybridized carbons (Fsp3) is 0.286. The van der Waals surface area contributed by atoms with Gasteiger partial charge in [0.2, 0.25) is 0 Å². The van der Waals surface area contributed by atoms with Crippen LogP contribution in [-0.2, 0) is 0 Å². The molecule has 2 aromatic rings. The van der Waals surface area contributed by atoms with Crippen LogP contribution < -0.4 is 14.8 Å². The van der Waals surface area contributed by atoms with E-state index in [2.05, 4.69) is 16.8 Å². The maximum atomic E-state index is 12.4. The molecule has 2 rings (SSSR count). The van der Waals surface area contributed by atoms with Gasteiger partial charge in [0.1, 0.15) is 18.1 Å². The number of carbonyl (C=O) groups is 1. The number of methoxy groups -OCH3 is 1. The van der Waals surface area contributed by atoms with Crippen molar-refractivity contribution in [3.8, 4) is 11.5 Å². The maximum absolute atomic E-state index is 12.4. The van der Waals surface area contributed by atoms with E-state index >= 15 is 0 Å². The Morgan fingerprint density at radius 2 is 1.92 bits per heavy atom. The van der Waals surface area contributed by atoms with E-state index in [9.17, 15) is 4.79 Å². The van der Waals surface area contributed by atoms with E-state index < -0.39 is 0 Å². The number of rotatable bonds is 9. The van der Waals surface area contributed by atoms with Crippen LogP contribution in [0.25, 0.3) is 0 Å². The molecule has 2 aromatic carbocycles. The third-order valence-electron chi connectivity index (χ3n) is 4.04. The van der Waals surface area contributed by atoms with Crippen LogP contribution >= 0.6 is 0 Å². The standard InChI is InChI=1S/C21H26N2O3/c1-5-13-26-18-11-9-16(10-12-18)21(24)22-15-20(23(2)3)17-7-6-8-19(14-17)25-4/h5-12,14,20H,1,13,15H2,2-4H3,(H,22,24). The van der Waals surface area contributed by atoms with Crippen molar-refractivity contribution in [2.24, 2.45) is 0 Å². The topological polar surface area (TPSA) is 50.8 Å². The molecule has 1 unspecified atom stereocenters. The molecule has 0 saturated heterocycles. The molecule has 1 amide bonds. The average molecular weight is 354 g/mol. The molecule has 0 spiro atoms. The van der Waals surface area contributed by atoms with Gasteiger partial charge in [0.25, 0.3) is 5.91 Å². The number of benzene rings is 2. The van der Waals surface area contributed by atoms with Gasteiger partial charge in [-0.05, 0) is 56.1 Å². The Bertz CT molecular complexity index is 726. The maximum Gasteiger partial charge on any atom is 0.251 e. The highest BCUT2D eigenvalue weighted by Crippen LogP contribution is 2.22. The zero-order valence-electron chi connectivity index (χ0n) is 15.6. The van der Waals surface area contributed by atoms with Crippen molar-refractivity contribution in [2.45, 2.75) is 6.04 Å². The van der Waals surface area contributed by atoms with Gasteiger partial charge in [-0.25, -0.2) is 0 Å². The normalized spacial score (nSPS) is 11.7.